The number of hydrogen-bond donors (Lipinski definition) is 3. The summed E-state index contributed by atoms with van der Waals surface area (Å²) in [6.45, 7) is 4.93. The van der Waals surface area contributed by atoms with Gasteiger partial charge in [0.1, 0.15) is 0 Å². The van der Waals surface area contributed by atoms with Gasteiger partial charge in [-0.2, -0.15) is 0 Å². The van der Waals surface area contributed by atoms with Crippen molar-refractivity contribution in [1.82, 2.24) is 5.32 Å². The third-order valence-electron chi connectivity index (χ3n) is 15.4. The Hall–Kier alpha value is -1.92. The van der Waals surface area contributed by atoms with Gasteiger partial charge < -0.3 is 20.3 Å². The van der Waals surface area contributed by atoms with E-state index >= 15 is 0 Å². The monoisotopic (exact) mass is 1040 g/mol. The van der Waals surface area contributed by atoms with E-state index in [1.54, 1.807) is 0 Å². The van der Waals surface area contributed by atoms with Crippen LogP contribution in [0.5, 0.6) is 0 Å². The lowest BCUT2D eigenvalue weighted by Crippen LogP contribution is -2.45. The molecule has 2 unspecified atom stereocenters. The summed E-state index contributed by atoms with van der Waals surface area (Å²) in [5, 5.41) is 23.4. The van der Waals surface area contributed by atoms with E-state index in [0.717, 1.165) is 64.2 Å². The molecule has 1 amide bonds. The van der Waals surface area contributed by atoms with Crippen molar-refractivity contribution in [2.24, 2.45) is 0 Å². The van der Waals surface area contributed by atoms with Gasteiger partial charge in [0.05, 0.1) is 25.4 Å². The number of ether oxygens (including phenoxy) is 1. The van der Waals surface area contributed by atoms with Crippen LogP contribution in [-0.4, -0.2) is 47.4 Å². The van der Waals surface area contributed by atoms with Gasteiger partial charge >= 0.3 is 5.97 Å². The number of carbonyl (C=O) groups is 2. The first kappa shape index (κ1) is 72.1. The first-order valence-electron chi connectivity index (χ1n) is 33.2. The molecule has 6 heteroatoms. The van der Waals surface area contributed by atoms with Crippen LogP contribution in [0.15, 0.2) is 36.5 Å². The predicted octanol–water partition coefficient (Wildman–Crippen LogP) is 21.1. The Kier molecular flexibility index (Phi) is 62.0. The summed E-state index contributed by atoms with van der Waals surface area (Å²) < 4.78 is 5.47. The molecule has 3 N–H and O–H groups in total. The van der Waals surface area contributed by atoms with Crippen LogP contribution in [0.3, 0.4) is 0 Å². The molecule has 0 saturated heterocycles. The van der Waals surface area contributed by atoms with E-state index in [2.05, 4.69) is 55.6 Å². The van der Waals surface area contributed by atoms with Gasteiger partial charge in [-0.3, -0.25) is 9.59 Å². The lowest BCUT2D eigenvalue weighted by Gasteiger charge is -2.22. The Labute approximate surface area is 462 Å². The quantitative estimate of drug-likeness (QED) is 0.0320. The van der Waals surface area contributed by atoms with E-state index in [1.807, 2.05) is 0 Å². The first-order valence-corrected chi connectivity index (χ1v) is 33.2. The highest BCUT2D eigenvalue weighted by atomic mass is 16.5. The number of carbonyl (C=O) groups excluding carboxylic acids is 2. The fraction of sp³-hybridized carbons (Fsp3) is 0.882. The normalized spacial score (nSPS) is 12.8. The Morgan fingerprint density at radius 3 is 1.05 bits per heavy atom. The van der Waals surface area contributed by atoms with E-state index in [4.69, 9.17) is 4.74 Å². The third kappa shape index (κ3) is 59.3. The molecule has 0 rings (SSSR count). The Bertz CT molecular complexity index is 1200. The van der Waals surface area contributed by atoms with Crippen molar-refractivity contribution in [2.45, 2.75) is 373 Å². The van der Waals surface area contributed by atoms with Crippen molar-refractivity contribution in [1.29, 1.82) is 0 Å². The van der Waals surface area contributed by atoms with E-state index in [1.165, 1.54) is 263 Å². The maximum Gasteiger partial charge on any atom is 0.305 e. The van der Waals surface area contributed by atoms with Gasteiger partial charge in [-0.15, -0.1) is 0 Å². The first-order chi connectivity index (χ1) is 36.5. The van der Waals surface area contributed by atoms with E-state index in [9.17, 15) is 19.8 Å². The minimum Gasteiger partial charge on any atom is -0.466 e. The summed E-state index contributed by atoms with van der Waals surface area (Å²) in [5.41, 5.74) is 0. The molecule has 6 nitrogen and oxygen atoms in total. The number of unbranched alkanes of at least 4 members (excludes halogenated alkanes) is 45. The van der Waals surface area contributed by atoms with Gasteiger partial charge in [0.25, 0.3) is 0 Å². The Morgan fingerprint density at radius 1 is 0.378 bits per heavy atom. The predicted molar refractivity (Wildman–Crippen MR) is 324 cm³/mol. The van der Waals surface area contributed by atoms with Crippen molar-refractivity contribution in [3.8, 4) is 0 Å². The van der Waals surface area contributed by atoms with Crippen LogP contribution in [0.4, 0.5) is 0 Å². The third-order valence-corrected chi connectivity index (χ3v) is 15.4. The van der Waals surface area contributed by atoms with Crippen LogP contribution >= 0.6 is 0 Å². The van der Waals surface area contributed by atoms with Crippen molar-refractivity contribution in [3.05, 3.63) is 36.5 Å². The summed E-state index contributed by atoms with van der Waals surface area (Å²) in [6.07, 6.45) is 80.2. The molecule has 0 heterocycles. The number of rotatable bonds is 62. The lowest BCUT2D eigenvalue weighted by atomic mass is 10.0. The van der Waals surface area contributed by atoms with Crippen LogP contribution in [0.2, 0.25) is 0 Å². The molecule has 74 heavy (non-hydrogen) atoms. The smallest absolute Gasteiger partial charge is 0.305 e. The van der Waals surface area contributed by atoms with Gasteiger partial charge in [0, 0.05) is 12.8 Å². The van der Waals surface area contributed by atoms with Crippen molar-refractivity contribution in [2.75, 3.05) is 13.2 Å². The van der Waals surface area contributed by atoms with Crippen LogP contribution in [0.25, 0.3) is 0 Å². The van der Waals surface area contributed by atoms with E-state index in [-0.39, 0.29) is 18.5 Å². The second-order valence-electron chi connectivity index (χ2n) is 22.8. The highest BCUT2D eigenvalue weighted by molar-refractivity contribution is 5.76. The molecule has 0 spiro atoms. The Balaban J connectivity index is 3.45. The number of aliphatic hydroxyl groups excluding tert-OH is 2. The van der Waals surface area contributed by atoms with Crippen molar-refractivity contribution >= 4 is 11.9 Å². The number of amides is 1. The van der Waals surface area contributed by atoms with Crippen LogP contribution in [0, 0.1) is 0 Å². The molecule has 0 bridgehead atoms. The zero-order valence-corrected chi connectivity index (χ0v) is 49.8. The number of esters is 1. The van der Waals surface area contributed by atoms with Gasteiger partial charge in [0.15, 0.2) is 0 Å². The van der Waals surface area contributed by atoms with Gasteiger partial charge in [0.2, 0.25) is 5.91 Å². The molecule has 0 fully saturated rings. The van der Waals surface area contributed by atoms with Crippen molar-refractivity contribution in [3.63, 3.8) is 0 Å². The number of allylic oxidation sites excluding steroid dienone is 6. The van der Waals surface area contributed by atoms with E-state index in [0.29, 0.717) is 25.9 Å². The summed E-state index contributed by atoms with van der Waals surface area (Å²) in [6, 6.07) is -0.553. The molecule has 0 aliphatic heterocycles. The molecule has 0 aromatic rings. The standard InChI is InChI=1S/C68H129NO5/c1-3-5-7-9-11-13-15-17-19-21-22-23-24-25-26-27-29-32-36-40-44-48-52-56-60-66(71)65(64-70)69-67(72)61-57-53-49-45-41-37-33-30-28-31-35-39-43-47-51-55-59-63-74-68(73)62-58-54-50-46-42-38-34-20-18-16-14-12-10-8-6-4-2/h14,16,20,28,31,34,65-66,70-71H,3-13,15,17-19,21-27,29-30,32-33,35-64H2,1-2H3,(H,69,72)/b16-14-,31-28-,34-20-. The SMILES string of the molecule is CCCCCC/C=C\C/C=C\CCCCCCCC(=O)OCCCCCCCC/C=C\CCCCCCCCCC(=O)NC(CO)C(O)CCCCCCCCCCCCCCCCCCCCCCCCCC. The molecular weight excluding hydrogens is 911 g/mol. The summed E-state index contributed by atoms with van der Waals surface area (Å²) in [5.74, 6) is -0.0586. The number of nitrogens with one attached hydrogen (secondary N) is 1. The molecule has 2 atom stereocenters. The zero-order chi connectivity index (χ0) is 53.6. The molecule has 0 aliphatic rings. The van der Waals surface area contributed by atoms with Crippen LogP contribution in [-0.2, 0) is 14.3 Å². The second kappa shape index (κ2) is 63.6. The molecular formula is C68H129NO5. The topological polar surface area (TPSA) is 95.9 Å². The largest absolute Gasteiger partial charge is 0.466 e. The highest BCUT2D eigenvalue weighted by Gasteiger charge is 2.20. The summed E-state index contributed by atoms with van der Waals surface area (Å²) in [4.78, 5) is 24.6. The highest BCUT2D eigenvalue weighted by Crippen LogP contribution is 2.18. The fourth-order valence-corrected chi connectivity index (χ4v) is 10.3. The minimum atomic E-state index is -0.675. The average molecular weight is 1040 g/mol. The lowest BCUT2D eigenvalue weighted by molar-refractivity contribution is -0.143. The van der Waals surface area contributed by atoms with E-state index < -0.39 is 12.1 Å². The van der Waals surface area contributed by atoms with Gasteiger partial charge in [-0.1, -0.05) is 301 Å². The number of hydrogen-bond acceptors (Lipinski definition) is 5. The molecule has 0 aromatic heterocycles. The second-order valence-corrected chi connectivity index (χ2v) is 22.8. The maximum absolute atomic E-state index is 12.5. The van der Waals surface area contributed by atoms with Crippen LogP contribution < -0.4 is 5.32 Å². The van der Waals surface area contributed by atoms with Crippen LogP contribution in [0.1, 0.15) is 361 Å². The average Bonchev–Trinajstić information content (AvgIpc) is 3.40. The minimum absolute atomic E-state index is 0.0146. The van der Waals surface area contributed by atoms with Gasteiger partial charge in [-0.25, -0.2) is 0 Å². The molecule has 0 aromatic carbocycles. The molecule has 436 valence electrons. The molecule has 0 radical (unpaired) electrons. The summed E-state index contributed by atoms with van der Waals surface area (Å²) >= 11 is 0. The zero-order valence-electron chi connectivity index (χ0n) is 49.8. The van der Waals surface area contributed by atoms with Crippen molar-refractivity contribution < 1.29 is 24.5 Å². The number of aliphatic hydroxyl groups is 2. The Morgan fingerprint density at radius 2 is 0.676 bits per heavy atom. The molecule has 0 saturated carbocycles. The maximum atomic E-state index is 12.5. The van der Waals surface area contributed by atoms with Gasteiger partial charge in [-0.05, 0) is 83.5 Å². The fourth-order valence-electron chi connectivity index (χ4n) is 10.3. The molecule has 0 aliphatic carbocycles. The summed E-state index contributed by atoms with van der Waals surface area (Å²) in [7, 11) is 0.